The van der Waals surface area contributed by atoms with E-state index in [2.05, 4.69) is 111 Å². The molecule has 0 spiro atoms. The summed E-state index contributed by atoms with van der Waals surface area (Å²) >= 11 is 0. The van der Waals surface area contributed by atoms with Gasteiger partial charge in [0.2, 0.25) is 0 Å². The highest BCUT2D eigenvalue weighted by atomic mass is 31.2. The van der Waals surface area contributed by atoms with Gasteiger partial charge >= 0.3 is 13.8 Å². The number of carbonyl (C=O) groups is 1. The molecule has 0 amide bonds. The molecule has 392 valence electrons. The molecule has 68 heavy (non-hydrogen) atoms. The van der Waals surface area contributed by atoms with E-state index in [4.69, 9.17) is 23.6 Å². The minimum atomic E-state index is -4.54. The van der Waals surface area contributed by atoms with Gasteiger partial charge in [-0.15, -0.1) is 0 Å². The van der Waals surface area contributed by atoms with E-state index in [0.717, 1.165) is 96.3 Å². The zero-order chi connectivity index (χ0) is 49.5. The molecule has 3 unspecified atom stereocenters. The summed E-state index contributed by atoms with van der Waals surface area (Å²) in [6, 6.07) is 0. The number of aliphatic hydroxyl groups excluding tert-OH is 2. The molecule has 0 aliphatic rings. The Morgan fingerprint density at radius 2 is 0.838 bits per heavy atom. The lowest BCUT2D eigenvalue weighted by Crippen LogP contribution is -2.29. The molecular formula is C58H101O9P. The average molecular weight is 973 g/mol. The first-order valence-electron chi connectivity index (χ1n) is 27.2. The van der Waals surface area contributed by atoms with Crippen LogP contribution in [0.4, 0.5) is 0 Å². The van der Waals surface area contributed by atoms with Crippen LogP contribution in [0.1, 0.15) is 219 Å². The third-order valence-electron chi connectivity index (χ3n) is 11.3. The van der Waals surface area contributed by atoms with E-state index in [9.17, 15) is 19.4 Å². The van der Waals surface area contributed by atoms with Gasteiger partial charge in [-0.1, -0.05) is 214 Å². The van der Waals surface area contributed by atoms with E-state index in [1.165, 1.54) is 96.3 Å². The number of unbranched alkanes of at least 4 members (excludes halogenated alkanes) is 21. The zero-order valence-corrected chi connectivity index (χ0v) is 44.2. The summed E-state index contributed by atoms with van der Waals surface area (Å²) < 4.78 is 33.6. The second-order valence-corrected chi connectivity index (χ2v) is 19.3. The summed E-state index contributed by atoms with van der Waals surface area (Å²) in [4.78, 5) is 22.7. The smallest absolute Gasteiger partial charge is 0.457 e. The first-order valence-corrected chi connectivity index (χ1v) is 28.7. The Kier molecular flexibility index (Phi) is 51.7. The number of ether oxygens (including phenoxy) is 2. The van der Waals surface area contributed by atoms with E-state index in [1.54, 1.807) is 0 Å². The third kappa shape index (κ3) is 52.7. The maximum atomic E-state index is 12.7. The minimum absolute atomic E-state index is 0.0352. The van der Waals surface area contributed by atoms with E-state index in [0.29, 0.717) is 13.0 Å². The molecule has 9 nitrogen and oxygen atoms in total. The monoisotopic (exact) mass is 973 g/mol. The van der Waals surface area contributed by atoms with Crippen molar-refractivity contribution in [3.63, 3.8) is 0 Å². The molecule has 0 rings (SSSR count). The van der Waals surface area contributed by atoms with Crippen LogP contribution in [-0.4, -0.2) is 66.3 Å². The van der Waals surface area contributed by atoms with Gasteiger partial charge in [-0.3, -0.25) is 13.8 Å². The Morgan fingerprint density at radius 3 is 1.26 bits per heavy atom. The lowest BCUT2D eigenvalue weighted by Gasteiger charge is -2.20. The van der Waals surface area contributed by atoms with Gasteiger partial charge in [-0.05, 0) is 96.3 Å². The molecule has 0 aliphatic carbocycles. The Labute approximate surface area is 417 Å². The second kappa shape index (κ2) is 53.7. The lowest BCUT2D eigenvalue weighted by atomic mass is 10.1. The fourth-order valence-corrected chi connectivity index (χ4v) is 7.94. The SMILES string of the molecule is CC/C=C\C/C=C\C/C=C\C/C=C\C/C=C\CCCCCCCCCC(=O)OC(COCCCCCCCCCCC/C=C\C/C=C\C/C=C\CCCCCCC)COP(=O)(O)OCC(O)CO. The van der Waals surface area contributed by atoms with Crippen LogP contribution in [0.5, 0.6) is 0 Å². The number of hydrogen-bond donors (Lipinski definition) is 3. The fraction of sp³-hybridized carbons (Fsp3) is 0.707. The standard InChI is InChI=1S/C58H101O9P/c1-3-5-7-9-11-13-15-17-19-21-23-25-27-29-31-33-35-37-39-41-43-45-47-49-51-64-54-57(55-66-68(62,63)65-53-56(60)52-59)67-58(61)50-48-46-44-42-40-38-36-34-32-30-28-26-24-22-20-18-16-14-12-10-8-6-4-2/h6,8,12,14-15,17-18,20-21,23-24,26-27,29-30,32,56-57,59-60H,3-5,7,9-11,13,16,19,22,25,28,31,33-55H2,1-2H3,(H,62,63)/b8-6-,14-12-,17-15-,20-18-,23-21-,26-24-,29-27-,32-30-. The van der Waals surface area contributed by atoms with Crippen molar-refractivity contribution in [1.29, 1.82) is 0 Å². The predicted octanol–water partition coefficient (Wildman–Crippen LogP) is 16.4. The number of hydrogen-bond acceptors (Lipinski definition) is 8. The Bertz CT molecular complexity index is 1380. The molecule has 0 saturated heterocycles. The highest BCUT2D eigenvalue weighted by Gasteiger charge is 2.26. The van der Waals surface area contributed by atoms with Gasteiger partial charge in [0.05, 0.1) is 26.4 Å². The van der Waals surface area contributed by atoms with Crippen LogP contribution >= 0.6 is 7.82 Å². The largest absolute Gasteiger partial charge is 0.472 e. The number of phosphoric ester groups is 1. The van der Waals surface area contributed by atoms with Gasteiger partial charge < -0.3 is 24.6 Å². The van der Waals surface area contributed by atoms with E-state index < -0.39 is 39.2 Å². The van der Waals surface area contributed by atoms with Crippen LogP contribution in [0, 0.1) is 0 Å². The van der Waals surface area contributed by atoms with Crippen molar-refractivity contribution in [1.82, 2.24) is 0 Å². The summed E-state index contributed by atoms with van der Waals surface area (Å²) in [6.07, 6.45) is 69.4. The first-order chi connectivity index (χ1) is 33.3. The topological polar surface area (TPSA) is 132 Å². The first kappa shape index (κ1) is 65.4. The van der Waals surface area contributed by atoms with Crippen LogP contribution in [0.2, 0.25) is 0 Å². The third-order valence-corrected chi connectivity index (χ3v) is 12.2. The Morgan fingerprint density at radius 1 is 0.471 bits per heavy atom. The molecule has 0 aliphatic heterocycles. The maximum Gasteiger partial charge on any atom is 0.472 e. The highest BCUT2D eigenvalue weighted by molar-refractivity contribution is 7.47. The molecule has 0 heterocycles. The molecular weight excluding hydrogens is 872 g/mol. The Hall–Kier alpha value is -2.62. The van der Waals surface area contributed by atoms with Crippen LogP contribution < -0.4 is 0 Å². The number of phosphoric acid groups is 1. The number of aliphatic hydroxyl groups is 2. The molecule has 3 N–H and O–H groups in total. The van der Waals surface area contributed by atoms with Crippen LogP contribution in [0.25, 0.3) is 0 Å². The van der Waals surface area contributed by atoms with E-state index in [1.807, 2.05) is 0 Å². The molecule has 0 saturated carbocycles. The van der Waals surface area contributed by atoms with Crippen molar-refractivity contribution in [3.8, 4) is 0 Å². The van der Waals surface area contributed by atoms with Gasteiger partial charge in [0, 0.05) is 13.0 Å². The predicted molar refractivity (Wildman–Crippen MR) is 288 cm³/mol. The van der Waals surface area contributed by atoms with Crippen molar-refractivity contribution in [2.75, 3.05) is 33.0 Å². The van der Waals surface area contributed by atoms with Gasteiger partial charge in [-0.25, -0.2) is 4.57 Å². The summed E-state index contributed by atoms with van der Waals surface area (Å²) in [5.41, 5.74) is 0. The number of carbonyl (C=O) groups excluding carboxylic acids is 1. The minimum Gasteiger partial charge on any atom is -0.457 e. The maximum absolute atomic E-state index is 12.7. The van der Waals surface area contributed by atoms with Crippen molar-refractivity contribution < 1.29 is 43.0 Å². The Balaban J connectivity index is 4.11. The van der Waals surface area contributed by atoms with Crippen molar-refractivity contribution in [2.45, 2.75) is 232 Å². The summed E-state index contributed by atoms with van der Waals surface area (Å²) in [6.45, 7) is 3.37. The molecule has 3 atom stereocenters. The van der Waals surface area contributed by atoms with Crippen LogP contribution in [-0.2, 0) is 27.9 Å². The van der Waals surface area contributed by atoms with Gasteiger partial charge in [0.25, 0.3) is 0 Å². The molecule has 0 aromatic carbocycles. The van der Waals surface area contributed by atoms with Crippen molar-refractivity contribution in [3.05, 3.63) is 97.2 Å². The highest BCUT2D eigenvalue weighted by Crippen LogP contribution is 2.43. The van der Waals surface area contributed by atoms with E-state index >= 15 is 0 Å². The lowest BCUT2D eigenvalue weighted by molar-refractivity contribution is -0.154. The summed E-state index contributed by atoms with van der Waals surface area (Å²) in [7, 11) is -4.54. The summed E-state index contributed by atoms with van der Waals surface area (Å²) in [5, 5.41) is 18.5. The molecule has 0 radical (unpaired) electrons. The molecule has 0 aromatic heterocycles. The molecule has 0 fully saturated rings. The molecule has 10 heteroatoms. The number of rotatable bonds is 51. The van der Waals surface area contributed by atoms with Gasteiger partial charge in [0.15, 0.2) is 0 Å². The van der Waals surface area contributed by atoms with Crippen LogP contribution in [0.15, 0.2) is 97.2 Å². The molecule has 0 aromatic rings. The molecule has 0 bridgehead atoms. The van der Waals surface area contributed by atoms with Crippen molar-refractivity contribution >= 4 is 13.8 Å². The number of allylic oxidation sites excluding steroid dienone is 16. The quantitative estimate of drug-likeness (QED) is 0.0236. The number of esters is 1. The van der Waals surface area contributed by atoms with Gasteiger partial charge in [0.1, 0.15) is 12.2 Å². The normalized spacial score (nSPS) is 14.5. The fourth-order valence-electron chi connectivity index (χ4n) is 7.15. The van der Waals surface area contributed by atoms with Crippen molar-refractivity contribution in [2.24, 2.45) is 0 Å². The van der Waals surface area contributed by atoms with Gasteiger partial charge in [-0.2, -0.15) is 0 Å². The second-order valence-electron chi connectivity index (χ2n) is 17.9. The van der Waals surface area contributed by atoms with E-state index in [-0.39, 0.29) is 19.6 Å². The average Bonchev–Trinajstić information content (AvgIpc) is 3.33. The zero-order valence-electron chi connectivity index (χ0n) is 43.3. The summed E-state index contributed by atoms with van der Waals surface area (Å²) in [5.74, 6) is -0.398. The van der Waals surface area contributed by atoms with Crippen LogP contribution in [0.3, 0.4) is 0 Å².